The molecule has 1 aromatic rings. The fourth-order valence-electron chi connectivity index (χ4n) is 4.37. The summed E-state index contributed by atoms with van der Waals surface area (Å²) in [5.74, 6) is 0.270. The molecule has 0 bridgehead atoms. The number of ether oxygens (including phenoxy) is 2. The van der Waals surface area contributed by atoms with E-state index in [4.69, 9.17) is 9.47 Å². The first-order chi connectivity index (χ1) is 12.6. The third kappa shape index (κ3) is 4.08. The molecule has 3 fully saturated rings. The van der Waals surface area contributed by atoms with Crippen molar-refractivity contribution in [2.24, 2.45) is 0 Å². The molecule has 0 aromatic carbocycles. The maximum atomic E-state index is 12.3. The first kappa shape index (κ1) is 17.9. The van der Waals surface area contributed by atoms with Crippen LogP contribution in [0.4, 0.5) is 0 Å². The molecule has 1 spiro atoms. The van der Waals surface area contributed by atoms with Crippen molar-refractivity contribution in [1.82, 2.24) is 14.8 Å². The molecule has 3 saturated heterocycles. The number of aryl methyl sites for hydroxylation is 1. The van der Waals surface area contributed by atoms with Gasteiger partial charge in [-0.2, -0.15) is 0 Å². The number of hydrogen-bond donors (Lipinski definition) is 0. The molecule has 1 amide bonds. The molecule has 4 heterocycles. The van der Waals surface area contributed by atoms with Crippen LogP contribution < -0.4 is 0 Å². The molecule has 0 N–H and O–H groups in total. The zero-order chi connectivity index (χ0) is 18.0. The number of nitrogens with zero attached hydrogens (tertiary/aromatic N) is 3. The summed E-state index contributed by atoms with van der Waals surface area (Å²) in [5, 5.41) is 0. The van der Waals surface area contributed by atoms with Crippen molar-refractivity contribution in [3.63, 3.8) is 0 Å². The van der Waals surface area contributed by atoms with Crippen molar-refractivity contribution in [3.05, 3.63) is 29.6 Å². The van der Waals surface area contributed by atoms with Crippen molar-refractivity contribution in [2.75, 3.05) is 39.3 Å². The summed E-state index contributed by atoms with van der Waals surface area (Å²) in [5.41, 5.74) is 1.89. The number of carbonyl (C=O) groups is 1. The number of amides is 1. The van der Waals surface area contributed by atoms with Gasteiger partial charge in [0.25, 0.3) is 0 Å². The van der Waals surface area contributed by atoms with Gasteiger partial charge in [-0.25, -0.2) is 0 Å². The fraction of sp³-hybridized carbons (Fsp3) is 0.700. The van der Waals surface area contributed by atoms with Gasteiger partial charge in [0.05, 0.1) is 30.6 Å². The second kappa shape index (κ2) is 7.62. The van der Waals surface area contributed by atoms with Crippen LogP contribution in [-0.2, 0) is 20.9 Å². The highest BCUT2D eigenvalue weighted by Gasteiger charge is 2.48. The molecular weight excluding hydrogens is 330 g/mol. The SMILES string of the molecule is Cc1cccc(CO[C@H]2CCOC3(C2)CN(CC(=O)N2CCCC2)C3)n1. The zero-order valence-electron chi connectivity index (χ0n) is 15.7. The van der Waals surface area contributed by atoms with Gasteiger partial charge in [-0.15, -0.1) is 0 Å². The Morgan fingerprint density at radius 3 is 2.92 bits per heavy atom. The lowest BCUT2D eigenvalue weighted by Crippen LogP contribution is -2.67. The lowest BCUT2D eigenvalue weighted by Gasteiger charge is -2.53. The maximum Gasteiger partial charge on any atom is 0.236 e. The normalized spacial score (nSPS) is 25.4. The molecule has 0 unspecified atom stereocenters. The summed E-state index contributed by atoms with van der Waals surface area (Å²) in [7, 11) is 0. The van der Waals surface area contributed by atoms with E-state index in [1.54, 1.807) is 0 Å². The minimum atomic E-state index is -0.117. The zero-order valence-corrected chi connectivity index (χ0v) is 15.7. The molecule has 4 rings (SSSR count). The topological polar surface area (TPSA) is 54.9 Å². The molecule has 142 valence electrons. The molecule has 0 saturated carbocycles. The fourth-order valence-corrected chi connectivity index (χ4v) is 4.37. The highest BCUT2D eigenvalue weighted by atomic mass is 16.5. The van der Waals surface area contributed by atoms with E-state index < -0.39 is 0 Å². The molecular formula is C20H29N3O3. The van der Waals surface area contributed by atoms with E-state index >= 15 is 0 Å². The summed E-state index contributed by atoms with van der Waals surface area (Å²) in [4.78, 5) is 21.0. The molecule has 0 aliphatic carbocycles. The van der Waals surface area contributed by atoms with E-state index in [1.165, 1.54) is 0 Å². The summed E-state index contributed by atoms with van der Waals surface area (Å²) >= 11 is 0. The van der Waals surface area contributed by atoms with Crippen molar-refractivity contribution in [3.8, 4) is 0 Å². The van der Waals surface area contributed by atoms with Crippen LogP contribution in [0.3, 0.4) is 0 Å². The average Bonchev–Trinajstić information content (AvgIpc) is 3.14. The van der Waals surface area contributed by atoms with Crippen molar-refractivity contribution in [1.29, 1.82) is 0 Å². The van der Waals surface area contributed by atoms with Gasteiger partial charge < -0.3 is 14.4 Å². The number of rotatable bonds is 5. The van der Waals surface area contributed by atoms with E-state index in [9.17, 15) is 4.79 Å². The lowest BCUT2D eigenvalue weighted by atomic mass is 9.84. The third-order valence-electron chi connectivity index (χ3n) is 5.70. The van der Waals surface area contributed by atoms with Gasteiger partial charge in [0.1, 0.15) is 0 Å². The van der Waals surface area contributed by atoms with Gasteiger partial charge in [0.2, 0.25) is 5.91 Å². The van der Waals surface area contributed by atoms with E-state index in [0.717, 1.165) is 69.9 Å². The Hall–Kier alpha value is -1.50. The molecule has 3 aliphatic heterocycles. The highest BCUT2D eigenvalue weighted by molar-refractivity contribution is 5.78. The summed E-state index contributed by atoms with van der Waals surface area (Å²) in [6.07, 6.45) is 4.34. The average molecular weight is 359 g/mol. The Morgan fingerprint density at radius 2 is 2.15 bits per heavy atom. The Balaban J connectivity index is 1.23. The third-order valence-corrected chi connectivity index (χ3v) is 5.70. The Bertz CT molecular complexity index is 639. The molecule has 6 heteroatoms. The minimum Gasteiger partial charge on any atom is -0.372 e. The van der Waals surface area contributed by atoms with Crippen LogP contribution in [0.25, 0.3) is 0 Å². The smallest absolute Gasteiger partial charge is 0.236 e. The molecule has 1 atom stereocenters. The number of hydrogen-bond acceptors (Lipinski definition) is 5. The number of likely N-dealkylation sites (tertiary alicyclic amines) is 2. The number of aromatic nitrogens is 1. The summed E-state index contributed by atoms with van der Waals surface area (Å²) in [6, 6.07) is 6.03. The maximum absolute atomic E-state index is 12.3. The molecule has 6 nitrogen and oxygen atoms in total. The quantitative estimate of drug-likeness (QED) is 0.802. The first-order valence-electron chi connectivity index (χ1n) is 9.80. The minimum absolute atomic E-state index is 0.117. The predicted octanol–water partition coefficient (Wildman–Crippen LogP) is 1.76. The Morgan fingerprint density at radius 1 is 1.35 bits per heavy atom. The second-order valence-electron chi connectivity index (χ2n) is 7.96. The van der Waals surface area contributed by atoms with Crippen molar-refractivity contribution >= 4 is 5.91 Å². The van der Waals surface area contributed by atoms with Crippen LogP contribution in [-0.4, -0.2) is 71.7 Å². The van der Waals surface area contributed by atoms with E-state index in [2.05, 4.69) is 9.88 Å². The van der Waals surface area contributed by atoms with Gasteiger partial charge in [-0.1, -0.05) is 6.07 Å². The summed E-state index contributed by atoms with van der Waals surface area (Å²) in [6.45, 7) is 7.36. The molecule has 26 heavy (non-hydrogen) atoms. The second-order valence-corrected chi connectivity index (χ2v) is 7.96. The van der Waals surface area contributed by atoms with Crippen LogP contribution in [0.15, 0.2) is 18.2 Å². The largest absolute Gasteiger partial charge is 0.372 e. The molecule has 1 aromatic heterocycles. The standard InChI is InChI=1S/C20H29N3O3/c1-16-5-4-6-17(21-16)13-25-18-7-10-26-20(11-18)14-22(15-20)12-19(24)23-8-2-3-9-23/h4-6,18H,2-3,7-15H2,1H3/t18-/m0/s1. The lowest BCUT2D eigenvalue weighted by molar-refractivity contribution is -0.199. The van der Waals surface area contributed by atoms with E-state index in [0.29, 0.717) is 13.2 Å². The monoisotopic (exact) mass is 359 g/mol. The van der Waals surface area contributed by atoms with Crippen LogP contribution in [0.1, 0.15) is 37.1 Å². The van der Waals surface area contributed by atoms with Gasteiger partial charge in [-0.3, -0.25) is 14.7 Å². The summed E-state index contributed by atoms with van der Waals surface area (Å²) < 4.78 is 12.2. The van der Waals surface area contributed by atoms with Crippen molar-refractivity contribution < 1.29 is 14.3 Å². The van der Waals surface area contributed by atoms with Gasteiger partial charge in [0, 0.05) is 44.9 Å². The van der Waals surface area contributed by atoms with Gasteiger partial charge in [0.15, 0.2) is 0 Å². The van der Waals surface area contributed by atoms with Gasteiger partial charge >= 0.3 is 0 Å². The van der Waals surface area contributed by atoms with Gasteiger partial charge in [-0.05, 0) is 38.3 Å². The highest BCUT2D eigenvalue weighted by Crippen LogP contribution is 2.35. The number of pyridine rings is 1. The van der Waals surface area contributed by atoms with Crippen molar-refractivity contribution in [2.45, 2.75) is 50.9 Å². The van der Waals surface area contributed by atoms with Crippen LogP contribution >= 0.6 is 0 Å². The number of carbonyl (C=O) groups excluding carboxylic acids is 1. The van der Waals surface area contributed by atoms with Crippen LogP contribution in [0.2, 0.25) is 0 Å². The predicted molar refractivity (Wildman–Crippen MR) is 97.7 cm³/mol. The first-order valence-corrected chi connectivity index (χ1v) is 9.80. The van der Waals surface area contributed by atoms with E-state index in [1.807, 2.05) is 30.0 Å². The van der Waals surface area contributed by atoms with Crippen LogP contribution in [0, 0.1) is 6.92 Å². The molecule has 3 aliphatic rings. The van der Waals surface area contributed by atoms with E-state index in [-0.39, 0.29) is 17.6 Å². The Kier molecular flexibility index (Phi) is 5.25. The molecule has 0 radical (unpaired) electrons. The van der Waals surface area contributed by atoms with Crippen LogP contribution in [0.5, 0.6) is 0 Å². The Labute approximate surface area is 155 Å².